The van der Waals surface area contributed by atoms with Crippen LogP contribution in [0.2, 0.25) is 0 Å². The lowest BCUT2D eigenvalue weighted by Gasteiger charge is -2.28. The van der Waals surface area contributed by atoms with E-state index in [1.165, 1.54) is 24.2 Å². The fraction of sp³-hybridized carbons (Fsp3) is 0.529. The van der Waals surface area contributed by atoms with E-state index in [0.717, 1.165) is 54.5 Å². The molecule has 2 saturated carbocycles. The molecule has 0 spiro atoms. The maximum atomic E-state index is 14.2. The molecule has 3 aromatic rings. The third-order valence-corrected chi connectivity index (χ3v) is 8.75. The Bertz CT molecular complexity index is 1370. The predicted octanol–water partition coefficient (Wildman–Crippen LogP) is 7.32. The molecule has 9 heteroatoms. The van der Waals surface area contributed by atoms with Gasteiger partial charge in [-0.2, -0.15) is 0 Å². The average Bonchev–Trinajstić information content (AvgIpc) is 3.44. The van der Waals surface area contributed by atoms with E-state index in [9.17, 15) is 9.59 Å². The summed E-state index contributed by atoms with van der Waals surface area (Å²) in [5, 5.41) is 2.71. The number of esters is 1. The van der Waals surface area contributed by atoms with Crippen LogP contribution in [-0.2, 0) is 19.1 Å². The molecule has 0 radical (unpaired) electrons. The van der Waals surface area contributed by atoms with Crippen molar-refractivity contribution in [3.63, 3.8) is 0 Å². The van der Waals surface area contributed by atoms with Gasteiger partial charge in [-0.05, 0) is 57.6 Å². The van der Waals surface area contributed by atoms with Crippen molar-refractivity contribution in [3.05, 3.63) is 48.0 Å². The van der Waals surface area contributed by atoms with Crippen molar-refractivity contribution >= 4 is 28.3 Å². The number of nitrogens with zero attached hydrogens (tertiary/aromatic N) is 3. The Labute approximate surface area is 258 Å². The van der Waals surface area contributed by atoms with Crippen LogP contribution in [0.4, 0.5) is 5.13 Å². The van der Waals surface area contributed by atoms with Crippen molar-refractivity contribution in [1.29, 1.82) is 0 Å². The SMILES string of the molecule is COCCOc1ccc(-c2ccccc2-c2csc(N(C(=O)C(CC(=O)OC(C)(C)C)CC3CCCC3)C3CC3)n2)cn1. The molecule has 2 aliphatic carbocycles. The maximum absolute atomic E-state index is 14.2. The highest BCUT2D eigenvalue weighted by molar-refractivity contribution is 7.14. The van der Waals surface area contributed by atoms with E-state index in [0.29, 0.717) is 30.1 Å². The maximum Gasteiger partial charge on any atom is 0.307 e. The van der Waals surface area contributed by atoms with Crippen molar-refractivity contribution in [2.75, 3.05) is 25.2 Å². The molecule has 8 nitrogen and oxygen atoms in total. The van der Waals surface area contributed by atoms with E-state index in [-0.39, 0.29) is 24.3 Å². The zero-order chi connectivity index (χ0) is 30.4. The lowest BCUT2D eigenvalue weighted by Crippen LogP contribution is -2.40. The summed E-state index contributed by atoms with van der Waals surface area (Å²) in [4.78, 5) is 38.5. The van der Waals surface area contributed by atoms with Gasteiger partial charge in [-0.15, -0.1) is 11.3 Å². The largest absolute Gasteiger partial charge is 0.475 e. The van der Waals surface area contributed by atoms with Crippen LogP contribution in [0.15, 0.2) is 48.0 Å². The second-order valence-corrected chi connectivity index (χ2v) is 13.4. The van der Waals surface area contributed by atoms with E-state index < -0.39 is 11.5 Å². The van der Waals surface area contributed by atoms with Gasteiger partial charge < -0.3 is 14.2 Å². The van der Waals surface area contributed by atoms with Crippen LogP contribution in [0, 0.1) is 11.8 Å². The van der Waals surface area contributed by atoms with Gasteiger partial charge in [0.25, 0.3) is 0 Å². The number of hydrogen-bond donors (Lipinski definition) is 0. The second kappa shape index (κ2) is 14.0. The predicted molar refractivity (Wildman–Crippen MR) is 169 cm³/mol. The standard InChI is InChI=1S/C34H43N3O5S/c1-34(2,3)42-31(38)20-25(19-23-9-5-6-10-23)32(39)37(26-14-15-26)33-36-29(22-43-33)28-12-8-7-11-27(28)24-13-16-30(35-21-24)41-18-17-40-4/h7-8,11-13,16,21-23,25-26H,5-6,9-10,14-15,17-20H2,1-4H3. The Kier molecular flexibility index (Phi) is 10.1. The molecule has 0 bridgehead atoms. The highest BCUT2D eigenvalue weighted by atomic mass is 32.1. The molecule has 2 heterocycles. The van der Waals surface area contributed by atoms with Gasteiger partial charge in [-0.1, -0.05) is 49.9 Å². The van der Waals surface area contributed by atoms with Crippen molar-refractivity contribution in [1.82, 2.24) is 9.97 Å². The molecule has 1 amide bonds. The Morgan fingerprint density at radius 1 is 1.02 bits per heavy atom. The molecule has 2 fully saturated rings. The number of anilines is 1. The summed E-state index contributed by atoms with van der Waals surface area (Å²) >= 11 is 1.49. The Hall–Kier alpha value is -3.30. The van der Waals surface area contributed by atoms with Crippen LogP contribution in [0.3, 0.4) is 0 Å². The van der Waals surface area contributed by atoms with Crippen LogP contribution in [0.25, 0.3) is 22.4 Å². The first-order chi connectivity index (χ1) is 20.7. The monoisotopic (exact) mass is 605 g/mol. The summed E-state index contributed by atoms with van der Waals surface area (Å²) in [6.45, 7) is 6.54. The number of carbonyl (C=O) groups excluding carboxylic acids is 2. The number of hydrogen-bond acceptors (Lipinski definition) is 8. The normalized spacial score (nSPS) is 16.2. The van der Waals surface area contributed by atoms with Crippen LogP contribution in [0.5, 0.6) is 5.88 Å². The molecular weight excluding hydrogens is 562 g/mol. The first kappa shape index (κ1) is 31.1. The fourth-order valence-electron chi connectivity index (χ4n) is 5.78. The number of carbonyl (C=O) groups is 2. The average molecular weight is 606 g/mol. The third-order valence-electron chi connectivity index (χ3n) is 7.91. The van der Waals surface area contributed by atoms with Crippen molar-refractivity contribution < 1.29 is 23.8 Å². The molecule has 0 aliphatic heterocycles. The fourth-order valence-corrected chi connectivity index (χ4v) is 6.68. The van der Waals surface area contributed by atoms with Crippen molar-refractivity contribution in [2.24, 2.45) is 11.8 Å². The van der Waals surface area contributed by atoms with Gasteiger partial charge >= 0.3 is 5.97 Å². The summed E-state index contributed by atoms with van der Waals surface area (Å²) in [7, 11) is 1.64. The summed E-state index contributed by atoms with van der Waals surface area (Å²) in [6, 6.07) is 12.1. The Morgan fingerprint density at radius 3 is 2.42 bits per heavy atom. The third kappa shape index (κ3) is 8.42. The minimum Gasteiger partial charge on any atom is -0.475 e. The minimum absolute atomic E-state index is 0.00251. The molecule has 230 valence electrons. The molecule has 1 unspecified atom stereocenters. The molecule has 1 atom stereocenters. The topological polar surface area (TPSA) is 90.9 Å². The van der Waals surface area contributed by atoms with E-state index in [2.05, 4.69) is 11.1 Å². The molecule has 1 aromatic carbocycles. The van der Waals surface area contributed by atoms with Crippen LogP contribution >= 0.6 is 11.3 Å². The van der Waals surface area contributed by atoms with Crippen LogP contribution in [0.1, 0.15) is 72.1 Å². The van der Waals surface area contributed by atoms with Crippen molar-refractivity contribution in [2.45, 2.75) is 83.8 Å². The van der Waals surface area contributed by atoms with Gasteiger partial charge in [0.1, 0.15) is 12.2 Å². The Morgan fingerprint density at radius 2 is 1.77 bits per heavy atom. The van der Waals surface area contributed by atoms with Gasteiger partial charge in [-0.3, -0.25) is 14.5 Å². The summed E-state index contributed by atoms with van der Waals surface area (Å²) < 4.78 is 16.3. The smallest absolute Gasteiger partial charge is 0.307 e. The molecule has 0 N–H and O–H groups in total. The number of benzene rings is 1. The number of methoxy groups -OCH3 is 1. The highest BCUT2D eigenvalue weighted by Crippen LogP contribution is 2.41. The lowest BCUT2D eigenvalue weighted by atomic mass is 9.89. The van der Waals surface area contributed by atoms with Gasteiger partial charge in [0.15, 0.2) is 5.13 Å². The van der Waals surface area contributed by atoms with E-state index in [4.69, 9.17) is 19.2 Å². The van der Waals surface area contributed by atoms with Crippen molar-refractivity contribution in [3.8, 4) is 28.3 Å². The van der Waals surface area contributed by atoms with E-state index in [1.807, 2.05) is 61.4 Å². The zero-order valence-corrected chi connectivity index (χ0v) is 26.5. The molecule has 0 saturated heterocycles. The Balaban J connectivity index is 1.38. The van der Waals surface area contributed by atoms with E-state index >= 15 is 0 Å². The lowest BCUT2D eigenvalue weighted by molar-refractivity contribution is -0.157. The number of amides is 1. The first-order valence-electron chi connectivity index (χ1n) is 15.4. The minimum atomic E-state index is -0.585. The van der Waals surface area contributed by atoms with E-state index in [1.54, 1.807) is 13.3 Å². The van der Waals surface area contributed by atoms with Gasteiger partial charge in [-0.25, -0.2) is 9.97 Å². The first-order valence-corrected chi connectivity index (χ1v) is 16.3. The molecule has 2 aromatic heterocycles. The van der Waals surface area contributed by atoms with Crippen LogP contribution < -0.4 is 9.64 Å². The number of thiazole rings is 1. The summed E-state index contributed by atoms with van der Waals surface area (Å²) in [5.74, 6) is 0.307. The van der Waals surface area contributed by atoms with Gasteiger partial charge in [0.2, 0.25) is 11.8 Å². The van der Waals surface area contributed by atoms with Gasteiger partial charge in [0, 0.05) is 47.8 Å². The molecule has 43 heavy (non-hydrogen) atoms. The molecule has 2 aliphatic rings. The molecule has 5 rings (SSSR count). The van der Waals surface area contributed by atoms with Gasteiger partial charge in [0.05, 0.1) is 18.7 Å². The number of ether oxygens (including phenoxy) is 3. The zero-order valence-electron chi connectivity index (χ0n) is 25.7. The number of pyridine rings is 1. The molecular formula is C34H43N3O5S. The summed E-state index contributed by atoms with van der Waals surface area (Å²) in [5.41, 5.74) is 3.16. The summed E-state index contributed by atoms with van der Waals surface area (Å²) in [6.07, 6.45) is 9.16. The second-order valence-electron chi connectivity index (χ2n) is 12.6. The van der Waals surface area contributed by atoms with Crippen LogP contribution in [-0.4, -0.2) is 53.8 Å². The number of rotatable bonds is 13. The quantitative estimate of drug-likeness (QED) is 0.149. The number of aromatic nitrogens is 2. The highest BCUT2D eigenvalue weighted by Gasteiger charge is 2.40.